The summed E-state index contributed by atoms with van der Waals surface area (Å²) in [4.78, 5) is 0. The minimum absolute atomic E-state index is 0.0120. The van der Waals surface area contributed by atoms with Crippen LogP contribution in [-0.2, 0) is 6.18 Å². The number of halogens is 4. The van der Waals surface area contributed by atoms with Gasteiger partial charge in [-0.15, -0.1) is 0 Å². The number of furan rings is 1. The van der Waals surface area contributed by atoms with Crippen molar-refractivity contribution >= 4 is 0 Å². The quantitative estimate of drug-likeness (QED) is 0.672. The molecular formula is C11H6F4O. The summed E-state index contributed by atoms with van der Waals surface area (Å²) in [6, 6.07) is 5.34. The van der Waals surface area contributed by atoms with E-state index in [4.69, 9.17) is 4.42 Å². The molecule has 0 bridgehead atoms. The van der Waals surface area contributed by atoms with Crippen LogP contribution in [0.5, 0.6) is 0 Å². The first-order valence-corrected chi connectivity index (χ1v) is 4.39. The van der Waals surface area contributed by atoms with E-state index in [1.165, 1.54) is 18.4 Å². The minimum Gasteiger partial charge on any atom is -0.464 e. The number of alkyl halides is 3. The summed E-state index contributed by atoms with van der Waals surface area (Å²) < 4.78 is 55.0. The summed E-state index contributed by atoms with van der Waals surface area (Å²) in [7, 11) is 0. The van der Waals surface area contributed by atoms with Crippen molar-refractivity contribution < 1.29 is 22.0 Å². The van der Waals surface area contributed by atoms with Crippen LogP contribution in [0.15, 0.2) is 41.0 Å². The van der Waals surface area contributed by atoms with Crippen LogP contribution in [-0.4, -0.2) is 0 Å². The minimum atomic E-state index is -4.54. The molecule has 0 N–H and O–H groups in total. The predicted octanol–water partition coefficient (Wildman–Crippen LogP) is 4.10. The highest BCUT2D eigenvalue weighted by molar-refractivity contribution is 5.58. The maximum atomic E-state index is 13.4. The molecule has 0 spiro atoms. The topological polar surface area (TPSA) is 13.1 Å². The first-order valence-electron chi connectivity index (χ1n) is 4.39. The van der Waals surface area contributed by atoms with Crippen LogP contribution >= 0.6 is 0 Å². The van der Waals surface area contributed by atoms with Crippen LogP contribution in [0.3, 0.4) is 0 Å². The van der Waals surface area contributed by atoms with Gasteiger partial charge in [0.25, 0.3) is 0 Å². The first kappa shape index (κ1) is 10.7. The fraction of sp³-hybridized carbons (Fsp3) is 0.0909. The molecular weight excluding hydrogens is 224 g/mol. The van der Waals surface area contributed by atoms with Gasteiger partial charge in [-0.3, -0.25) is 0 Å². The van der Waals surface area contributed by atoms with Crippen molar-refractivity contribution in [3.63, 3.8) is 0 Å². The normalized spacial score (nSPS) is 11.8. The molecule has 0 amide bonds. The van der Waals surface area contributed by atoms with Crippen molar-refractivity contribution in [1.82, 2.24) is 0 Å². The lowest BCUT2D eigenvalue weighted by Crippen LogP contribution is -2.05. The van der Waals surface area contributed by atoms with Crippen molar-refractivity contribution in [1.29, 1.82) is 0 Å². The van der Waals surface area contributed by atoms with Gasteiger partial charge in [0, 0.05) is 0 Å². The van der Waals surface area contributed by atoms with Crippen molar-refractivity contribution in [3.05, 3.63) is 48.0 Å². The highest BCUT2D eigenvalue weighted by Gasteiger charge is 2.31. The molecule has 0 radical (unpaired) electrons. The number of hydrogen-bond acceptors (Lipinski definition) is 1. The van der Waals surface area contributed by atoms with E-state index in [1.54, 1.807) is 0 Å². The lowest BCUT2D eigenvalue weighted by Gasteiger charge is -2.07. The molecule has 1 aromatic carbocycles. The molecule has 16 heavy (non-hydrogen) atoms. The van der Waals surface area contributed by atoms with Crippen LogP contribution in [0.25, 0.3) is 11.3 Å². The van der Waals surface area contributed by atoms with Gasteiger partial charge in [0.1, 0.15) is 11.6 Å². The molecule has 5 heteroatoms. The monoisotopic (exact) mass is 230 g/mol. The van der Waals surface area contributed by atoms with E-state index in [0.29, 0.717) is 6.07 Å². The van der Waals surface area contributed by atoms with Crippen LogP contribution in [0.1, 0.15) is 5.56 Å². The molecule has 0 saturated carbocycles. The van der Waals surface area contributed by atoms with Gasteiger partial charge in [-0.05, 0) is 30.3 Å². The van der Waals surface area contributed by atoms with Gasteiger partial charge in [-0.25, -0.2) is 4.39 Å². The SMILES string of the molecule is Fc1cc(C(F)(F)F)ccc1-c1ccco1. The third-order valence-corrected chi connectivity index (χ3v) is 2.08. The summed E-state index contributed by atoms with van der Waals surface area (Å²) >= 11 is 0. The van der Waals surface area contributed by atoms with Crippen molar-refractivity contribution in [2.24, 2.45) is 0 Å². The second-order valence-electron chi connectivity index (χ2n) is 3.17. The lowest BCUT2D eigenvalue weighted by atomic mass is 10.1. The average molecular weight is 230 g/mol. The third kappa shape index (κ3) is 1.93. The standard InChI is InChI=1S/C11H6F4O/c12-9-6-7(11(13,14)15)3-4-8(9)10-2-1-5-16-10/h1-6H. The Morgan fingerprint density at radius 2 is 1.81 bits per heavy atom. The van der Waals surface area contributed by atoms with E-state index in [-0.39, 0.29) is 11.3 Å². The number of hydrogen-bond donors (Lipinski definition) is 0. The van der Waals surface area contributed by atoms with E-state index < -0.39 is 17.6 Å². The van der Waals surface area contributed by atoms with Gasteiger partial charge in [0.05, 0.1) is 17.4 Å². The summed E-state index contributed by atoms with van der Waals surface area (Å²) in [6.07, 6.45) is -3.21. The highest BCUT2D eigenvalue weighted by atomic mass is 19.4. The van der Waals surface area contributed by atoms with Crippen LogP contribution in [0.4, 0.5) is 17.6 Å². The smallest absolute Gasteiger partial charge is 0.416 e. The predicted molar refractivity (Wildman–Crippen MR) is 49.1 cm³/mol. The van der Waals surface area contributed by atoms with Gasteiger partial charge >= 0.3 is 6.18 Å². The van der Waals surface area contributed by atoms with E-state index >= 15 is 0 Å². The second-order valence-corrected chi connectivity index (χ2v) is 3.17. The molecule has 0 aliphatic carbocycles. The average Bonchev–Trinajstić information content (AvgIpc) is 2.69. The fourth-order valence-corrected chi connectivity index (χ4v) is 1.32. The summed E-state index contributed by atoms with van der Waals surface area (Å²) in [5.41, 5.74) is -1.00. The Kier molecular flexibility index (Phi) is 2.46. The van der Waals surface area contributed by atoms with E-state index in [9.17, 15) is 17.6 Å². The van der Waals surface area contributed by atoms with Gasteiger partial charge in [0.15, 0.2) is 0 Å². The molecule has 0 saturated heterocycles. The second kappa shape index (κ2) is 3.66. The Morgan fingerprint density at radius 3 is 2.31 bits per heavy atom. The zero-order valence-corrected chi connectivity index (χ0v) is 7.88. The highest BCUT2D eigenvalue weighted by Crippen LogP contribution is 2.32. The molecule has 84 valence electrons. The van der Waals surface area contributed by atoms with Gasteiger partial charge in [-0.1, -0.05) is 0 Å². The zero-order chi connectivity index (χ0) is 11.8. The molecule has 1 heterocycles. The Hall–Kier alpha value is -1.78. The summed E-state index contributed by atoms with van der Waals surface area (Å²) in [5.74, 6) is -0.754. The summed E-state index contributed by atoms with van der Waals surface area (Å²) in [6.45, 7) is 0. The lowest BCUT2D eigenvalue weighted by molar-refractivity contribution is -0.137. The fourth-order valence-electron chi connectivity index (χ4n) is 1.32. The molecule has 0 aliphatic rings. The molecule has 2 rings (SSSR count). The molecule has 1 aromatic heterocycles. The number of benzene rings is 1. The molecule has 0 atom stereocenters. The van der Waals surface area contributed by atoms with Crippen LogP contribution in [0.2, 0.25) is 0 Å². The Labute approximate surface area is 88.3 Å². The molecule has 1 nitrogen and oxygen atoms in total. The largest absolute Gasteiger partial charge is 0.464 e. The Bertz CT molecular complexity index is 485. The van der Waals surface area contributed by atoms with Crippen molar-refractivity contribution in [2.75, 3.05) is 0 Å². The Balaban J connectivity index is 2.46. The van der Waals surface area contributed by atoms with Crippen molar-refractivity contribution in [3.8, 4) is 11.3 Å². The van der Waals surface area contributed by atoms with E-state index in [2.05, 4.69) is 0 Å². The molecule has 0 aliphatic heterocycles. The van der Waals surface area contributed by atoms with Gasteiger partial charge in [-0.2, -0.15) is 13.2 Å². The summed E-state index contributed by atoms with van der Waals surface area (Å²) in [5, 5.41) is 0. The molecule has 0 unspecified atom stereocenters. The maximum absolute atomic E-state index is 13.4. The molecule has 0 fully saturated rings. The maximum Gasteiger partial charge on any atom is 0.416 e. The van der Waals surface area contributed by atoms with Crippen LogP contribution < -0.4 is 0 Å². The third-order valence-electron chi connectivity index (χ3n) is 2.08. The van der Waals surface area contributed by atoms with E-state index in [1.807, 2.05) is 0 Å². The zero-order valence-electron chi connectivity index (χ0n) is 7.88. The van der Waals surface area contributed by atoms with Crippen LogP contribution in [0, 0.1) is 5.82 Å². The van der Waals surface area contributed by atoms with E-state index in [0.717, 1.165) is 12.1 Å². The first-order chi connectivity index (χ1) is 7.48. The van der Waals surface area contributed by atoms with Gasteiger partial charge < -0.3 is 4.42 Å². The number of rotatable bonds is 1. The van der Waals surface area contributed by atoms with Crippen molar-refractivity contribution in [2.45, 2.75) is 6.18 Å². The molecule has 2 aromatic rings. The van der Waals surface area contributed by atoms with Gasteiger partial charge in [0.2, 0.25) is 0 Å². The Morgan fingerprint density at radius 1 is 1.06 bits per heavy atom.